The molecule has 1 aliphatic rings. The molecule has 0 unspecified atom stereocenters. The van der Waals surface area contributed by atoms with Crippen LogP contribution in [-0.2, 0) is 12.7 Å². The first kappa shape index (κ1) is 26.6. The van der Waals surface area contributed by atoms with Crippen molar-refractivity contribution in [3.8, 4) is 11.4 Å². The van der Waals surface area contributed by atoms with Crippen LogP contribution >= 0.6 is 0 Å². The molecule has 2 aromatic heterocycles. The van der Waals surface area contributed by atoms with Gasteiger partial charge in [0, 0.05) is 43.9 Å². The Hall–Kier alpha value is -3.99. The third-order valence-corrected chi connectivity index (χ3v) is 6.82. The van der Waals surface area contributed by atoms with Gasteiger partial charge >= 0.3 is 6.18 Å². The van der Waals surface area contributed by atoms with Crippen molar-refractivity contribution in [1.82, 2.24) is 29.3 Å². The molecule has 5 rings (SSSR count). The van der Waals surface area contributed by atoms with Gasteiger partial charge in [-0.1, -0.05) is 31.2 Å². The molecule has 1 amide bonds. The Morgan fingerprint density at radius 3 is 2.31 bits per heavy atom. The number of hydrogen-bond donors (Lipinski definition) is 1. The van der Waals surface area contributed by atoms with Crippen LogP contribution in [0.3, 0.4) is 0 Å². The molecule has 1 fully saturated rings. The molecule has 2 aromatic carbocycles. The number of carbonyl (C=O) groups excluding carboxylic acids is 1. The first-order valence-corrected chi connectivity index (χ1v) is 12.9. The van der Waals surface area contributed by atoms with E-state index in [1.165, 1.54) is 12.1 Å². The minimum atomic E-state index is -4.38. The fourth-order valence-electron chi connectivity index (χ4n) is 4.51. The van der Waals surface area contributed by atoms with Gasteiger partial charge in [-0.15, -0.1) is 0 Å². The van der Waals surface area contributed by atoms with Crippen LogP contribution in [-0.4, -0.2) is 75.0 Å². The number of benzene rings is 2. The number of piperazine rings is 1. The lowest BCUT2D eigenvalue weighted by molar-refractivity contribution is -0.137. The molecule has 0 aliphatic carbocycles. The third kappa shape index (κ3) is 5.88. The van der Waals surface area contributed by atoms with Crippen LogP contribution in [0.1, 0.15) is 34.8 Å². The molecule has 1 aliphatic heterocycles. The smallest absolute Gasteiger partial charge is 0.368 e. The zero-order valence-corrected chi connectivity index (χ0v) is 21.9. The van der Waals surface area contributed by atoms with Crippen molar-refractivity contribution in [2.45, 2.75) is 26.1 Å². The number of aromatic nitrogens is 4. The van der Waals surface area contributed by atoms with Gasteiger partial charge in [-0.25, -0.2) is 15.0 Å². The lowest BCUT2D eigenvalue weighted by atomic mass is 10.1. The quantitative estimate of drug-likeness (QED) is 0.366. The van der Waals surface area contributed by atoms with Crippen LogP contribution in [0.2, 0.25) is 0 Å². The zero-order chi connectivity index (χ0) is 27.6. The maximum absolute atomic E-state index is 13.0. The number of rotatable bonds is 7. The van der Waals surface area contributed by atoms with Crippen LogP contribution in [0.4, 0.5) is 19.0 Å². The molecular weight excluding hydrogens is 507 g/mol. The van der Waals surface area contributed by atoms with Crippen molar-refractivity contribution in [3.05, 3.63) is 71.5 Å². The number of carbonyl (C=O) groups is 1. The van der Waals surface area contributed by atoms with Crippen molar-refractivity contribution >= 4 is 22.9 Å². The van der Waals surface area contributed by atoms with E-state index in [1.807, 2.05) is 31.0 Å². The largest absolute Gasteiger partial charge is 0.416 e. The van der Waals surface area contributed by atoms with E-state index < -0.39 is 11.7 Å². The number of fused-ring (bicyclic) bond motifs is 1. The number of anilines is 1. The Morgan fingerprint density at radius 2 is 1.67 bits per heavy atom. The molecule has 1 saturated heterocycles. The minimum Gasteiger partial charge on any atom is -0.368 e. The van der Waals surface area contributed by atoms with E-state index in [0.29, 0.717) is 60.1 Å². The molecule has 204 valence electrons. The normalized spacial score (nSPS) is 14.6. The summed E-state index contributed by atoms with van der Waals surface area (Å²) in [5, 5.41) is 3.31. The first-order chi connectivity index (χ1) is 18.7. The molecule has 0 atom stereocenters. The summed E-state index contributed by atoms with van der Waals surface area (Å²) in [4.78, 5) is 31.0. The molecule has 0 radical (unpaired) electrons. The molecule has 3 heterocycles. The number of alkyl halides is 3. The Kier molecular flexibility index (Phi) is 7.51. The number of likely N-dealkylation sites (N-methyl/N-ethyl adjacent to an activating group) is 1. The van der Waals surface area contributed by atoms with E-state index in [4.69, 9.17) is 9.97 Å². The topological polar surface area (TPSA) is 79.2 Å². The fourth-order valence-corrected chi connectivity index (χ4v) is 4.51. The predicted octanol–water partition coefficient (Wildman–Crippen LogP) is 4.77. The summed E-state index contributed by atoms with van der Waals surface area (Å²) in [5.74, 6) is 1.06. The van der Waals surface area contributed by atoms with E-state index in [2.05, 4.69) is 15.2 Å². The van der Waals surface area contributed by atoms with Gasteiger partial charge in [0.1, 0.15) is 5.52 Å². The number of hydrogen-bond acceptors (Lipinski definition) is 6. The van der Waals surface area contributed by atoms with E-state index in [-0.39, 0.29) is 5.91 Å². The number of nitrogens with zero attached hydrogens (tertiary/aromatic N) is 6. The molecule has 4 aromatic rings. The maximum atomic E-state index is 13.0. The molecule has 0 saturated carbocycles. The number of nitrogens with one attached hydrogen (secondary N) is 1. The molecular formula is C28H30F3N7O. The highest BCUT2D eigenvalue weighted by molar-refractivity contribution is 5.95. The highest BCUT2D eigenvalue weighted by Gasteiger charge is 2.30. The molecule has 8 nitrogen and oxygen atoms in total. The van der Waals surface area contributed by atoms with Gasteiger partial charge in [0.25, 0.3) is 5.91 Å². The van der Waals surface area contributed by atoms with Crippen molar-refractivity contribution in [3.63, 3.8) is 0 Å². The average Bonchev–Trinajstić information content (AvgIpc) is 3.34. The standard InChI is InChI=1S/C28H30F3N7O/c1-3-12-32-25-23-26(38(18-33-23)17-19-4-10-22(11-5-19)28(29,30)31)35-24(34-25)20-6-8-21(9-7-20)27(39)37-15-13-36(2)14-16-37/h4-11,18H,3,12-17H2,1-2H3,(H,32,34,35). The number of amides is 1. The van der Waals surface area contributed by atoms with Gasteiger partial charge in [0.2, 0.25) is 0 Å². The van der Waals surface area contributed by atoms with Crippen LogP contribution in [0.5, 0.6) is 0 Å². The summed E-state index contributed by atoms with van der Waals surface area (Å²) in [7, 11) is 2.05. The van der Waals surface area contributed by atoms with E-state index in [0.717, 1.165) is 37.2 Å². The summed E-state index contributed by atoms with van der Waals surface area (Å²) >= 11 is 0. The van der Waals surface area contributed by atoms with Crippen LogP contribution in [0.15, 0.2) is 54.9 Å². The summed E-state index contributed by atoms with van der Waals surface area (Å²) < 4.78 is 40.7. The van der Waals surface area contributed by atoms with Crippen LogP contribution in [0.25, 0.3) is 22.6 Å². The molecule has 1 N–H and O–H groups in total. The van der Waals surface area contributed by atoms with Crippen LogP contribution in [0, 0.1) is 0 Å². The monoisotopic (exact) mass is 537 g/mol. The molecule has 0 bridgehead atoms. The van der Waals surface area contributed by atoms with Crippen molar-refractivity contribution in [1.29, 1.82) is 0 Å². The van der Waals surface area contributed by atoms with Gasteiger partial charge in [0.15, 0.2) is 17.3 Å². The van der Waals surface area contributed by atoms with E-state index in [1.54, 1.807) is 23.0 Å². The Morgan fingerprint density at radius 1 is 0.974 bits per heavy atom. The lowest BCUT2D eigenvalue weighted by Gasteiger charge is -2.32. The van der Waals surface area contributed by atoms with Crippen molar-refractivity contribution in [2.24, 2.45) is 0 Å². The van der Waals surface area contributed by atoms with Crippen molar-refractivity contribution < 1.29 is 18.0 Å². The lowest BCUT2D eigenvalue weighted by Crippen LogP contribution is -2.47. The summed E-state index contributed by atoms with van der Waals surface area (Å²) in [6.07, 6.45) is -1.88. The van der Waals surface area contributed by atoms with E-state index >= 15 is 0 Å². The van der Waals surface area contributed by atoms with E-state index in [9.17, 15) is 18.0 Å². The third-order valence-electron chi connectivity index (χ3n) is 6.82. The Bertz CT molecular complexity index is 1440. The van der Waals surface area contributed by atoms with Gasteiger partial charge in [0.05, 0.1) is 18.4 Å². The minimum absolute atomic E-state index is 0.00550. The Labute approximate surface area is 224 Å². The molecule has 11 heteroatoms. The first-order valence-electron chi connectivity index (χ1n) is 12.9. The Balaban J connectivity index is 1.44. The summed E-state index contributed by atoms with van der Waals surface area (Å²) in [6.45, 7) is 6.15. The SMILES string of the molecule is CCCNc1nc(-c2ccc(C(=O)N3CCN(C)CC3)cc2)nc2c1ncn2Cc1ccc(C(F)(F)F)cc1. The zero-order valence-electron chi connectivity index (χ0n) is 21.9. The second-order valence-electron chi connectivity index (χ2n) is 9.73. The summed E-state index contributed by atoms with van der Waals surface area (Å²) in [5.41, 5.74) is 2.51. The van der Waals surface area contributed by atoms with Gasteiger partial charge < -0.3 is 19.7 Å². The summed E-state index contributed by atoms with van der Waals surface area (Å²) in [6, 6.07) is 12.3. The fraction of sp³-hybridized carbons (Fsp3) is 0.357. The predicted molar refractivity (Wildman–Crippen MR) is 143 cm³/mol. The highest BCUT2D eigenvalue weighted by Crippen LogP contribution is 2.30. The second kappa shape index (κ2) is 11.0. The maximum Gasteiger partial charge on any atom is 0.416 e. The van der Waals surface area contributed by atoms with Gasteiger partial charge in [-0.2, -0.15) is 13.2 Å². The highest BCUT2D eigenvalue weighted by atomic mass is 19.4. The molecule has 39 heavy (non-hydrogen) atoms. The molecule has 0 spiro atoms. The second-order valence-corrected chi connectivity index (χ2v) is 9.73. The van der Waals surface area contributed by atoms with Gasteiger partial charge in [-0.3, -0.25) is 4.79 Å². The number of imidazole rings is 1. The van der Waals surface area contributed by atoms with Crippen molar-refractivity contribution in [2.75, 3.05) is 45.1 Å². The average molecular weight is 538 g/mol. The number of halogens is 3. The van der Waals surface area contributed by atoms with Gasteiger partial charge in [-0.05, 0) is 43.3 Å². The van der Waals surface area contributed by atoms with Crippen LogP contribution < -0.4 is 5.32 Å².